The third kappa shape index (κ3) is 5.04. The van der Waals surface area contributed by atoms with Crippen LogP contribution in [0.2, 0.25) is 0 Å². The first-order valence-corrected chi connectivity index (χ1v) is 9.43. The van der Waals surface area contributed by atoms with Gasteiger partial charge < -0.3 is 14.1 Å². The van der Waals surface area contributed by atoms with Gasteiger partial charge in [0.05, 0.1) is 0 Å². The number of carbonyl (C=O) groups is 1. The second-order valence-electron chi connectivity index (χ2n) is 6.45. The van der Waals surface area contributed by atoms with Gasteiger partial charge in [-0.2, -0.15) is 0 Å². The third-order valence-electron chi connectivity index (χ3n) is 4.55. The Morgan fingerprint density at radius 3 is 2.39 bits per heavy atom. The summed E-state index contributed by atoms with van der Waals surface area (Å²) in [6.45, 7) is 3.24. The number of nitrogens with zero attached hydrogens (tertiary/aromatic N) is 3. The molecule has 1 atom stereocenters. The molecule has 1 amide bonds. The van der Waals surface area contributed by atoms with E-state index in [1.54, 1.807) is 7.11 Å². The molecule has 0 aliphatic rings. The molecule has 0 N–H and O–H groups in total. The molecule has 3 rings (SSSR count). The number of ether oxygens (including phenoxy) is 1. The highest BCUT2D eigenvalue weighted by molar-refractivity contribution is 5.76. The molecule has 146 valence electrons. The lowest BCUT2D eigenvalue weighted by Gasteiger charge is -2.20. The van der Waals surface area contributed by atoms with Crippen molar-refractivity contribution in [3.8, 4) is 0 Å². The Bertz CT molecular complexity index is 865. The lowest BCUT2D eigenvalue weighted by Crippen LogP contribution is -2.30. The van der Waals surface area contributed by atoms with Crippen LogP contribution in [0, 0.1) is 0 Å². The Morgan fingerprint density at radius 1 is 1.07 bits per heavy atom. The van der Waals surface area contributed by atoms with E-state index >= 15 is 0 Å². The molecule has 1 aromatic heterocycles. The van der Waals surface area contributed by atoms with Crippen molar-refractivity contribution in [1.82, 2.24) is 15.1 Å². The Labute approximate surface area is 165 Å². The van der Waals surface area contributed by atoms with Crippen LogP contribution in [0.15, 0.2) is 65.1 Å². The van der Waals surface area contributed by atoms with Gasteiger partial charge in [-0.15, -0.1) is 10.2 Å². The minimum atomic E-state index is -0.414. The topological polar surface area (TPSA) is 68.5 Å². The van der Waals surface area contributed by atoms with Crippen molar-refractivity contribution in [3.05, 3.63) is 83.6 Å². The van der Waals surface area contributed by atoms with Gasteiger partial charge in [0.15, 0.2) is 6.10 Å². The van der Waals surface area contributed by atoms with E-state index in [2.05, 4.69) is 10.2 Å². The molecule has 0 aliphatic heterocycles. The van der Waals surface area contributed by atoms with Gasteiger partial charge in [-0.25, -0.2) is 0 Å². The zero-order valence-electron chi connectivity index (χ0n) is 16.2. The maximum atomic E-state index is 12.6. The predicted molar refractivity (Wildman–Crippen MR) is 105 cm³/mol. The molecule has 2 aromatic carbocycles. The summed E-state index contributed by atoms with van der Waals surface area (Å²) in [6.07, 6.45) is 0.316. The second kappa shape index (κ2) is 9.80. The van der Waals surface area contributed by atoms with Crippen LogP contribution in [0.5, 0.6) is 0 Å². The van der Waals surface area contributed by atoms with Crippen LogP contribution in [-0.2, 0) is 22.5 Å². The fourth-order valence-corrected chi connectivity index (χ4v) is 3.03. The van der Waals surface area contributed by atoms with E-state index in [1.807, 2.05) is 72.5 Å². The molecule has 6 nitrogen and oxygen atoms in total. The molecular weight excluding hydrogens is 354 g/mol. The molecule has 6 heteroatoms. The normalized spacial score (nSPS) is 11.9. The highest BCUT2D eigenvalue weighted by atomic mass is 16.5. The van der Waals surface area contributed by atoms with E-state index in [9.17, 15) is 4.79 Å². The van der Waals surface area contributed by atoms with E-state index in [4.69, 9.17) is 9.15 Å². The maximum absolute atomic E-state index is 12.6. The van der Waals surface area contributed by atoms with Crippen molar-refractivity contribution in [3.63, 3.8) is 0 Å². The lowest BCUT2D eigenvalue weighted by molar-refractivity contribution is -0.131. The Kier molecular flexibility index (Phi) is 6.92. The summed E-state index contributed by atoms with van der Waals surface area (Å²) in [6, 6.07) is 19.7. The molecule has 3 aromatic rings. The zero-order chi connectivity index (χ0) is 19.8. The second-order valence-corrected chi connectivity index (χ2v) is 6.45. The molecule has 0 saturated carbocycles. The summed E-state index contributed by atoms with van der Waals surface area (Å²) in [5, 5.41) is 8.19. The largest absolute Gasteiger partial charge is 0.422 e. The van der Waals surface area contributed by atoms with Gasteiger partial charge in [0, 0.05) is 33.0 Å². The Morgan fingerprint density at radius 2 is 1.75 bits per heavy atom. The van der Waals surface area contributed by atoms with E-state index < -0.39 is 6.10 Å². The number of hydrogen-bond donors (Lipinski definition) is 0. The number of methoxy groups -OCH3 is 1. The standard InChI is InChI=1S/C22H25N3O3/c1-3-25(16-17-10-6-4-7-11-17)20(26)15-14-19-23-24-22(28-19)21(27-2)18-12-8-5-9-13-18/h4-13,21H,3,14-16H2,1-2H3/t21-/m1/s1. The molecule has 28 heavy (non-hydrogen) atoms. The number of aryl methyl sites for hydroxylation is 1. The fourth-order valence-electron chi connectivity index (χ4n) is 3.03. The number of rotatable bonds is 9. The summed E-state index contributed by atoms with van der Waals surface area (Å²) in [5.74, 6) is 0.905. The average molecular weight is 379 g/mol. The van der Waals surface area contributed by atoms with E-state index in [0.29, 0.717) is 37.7 Å². The van der Waals surface area contributed by atoms with Gasteiger partial charge in [0.2, 0.25) is 17.7 Å². The molecule has 0 fully saturated rings. The summed E-state index contributed by atoms with van der Waals surface area (Å²) < 4.78 is 11.3. The first-order chi connectivity index (χ1) is 13.7. The van der Waals surface area contributed by atoms with Crippen LogP contribution < -0.4 is 0 Å². The first kappa shape index (κ1) is 19.8. The molecule has 0 saturated heterocycles. The van der Waals surface area contributed by atoms with Gasteiger partial charge in [-0.3, -0.25) is 4.79 Å². The minimum absolute atomic E-state index is 0.0671. The molecule has 0 radical (unpaired) electrons. The van der Waals surface area contributed by atoms with Crippen LogP contribution in [-0.4, -0.2) is 34.7 Å². The lowest BCUT2D eigenvalue weighted by atomic mass is 10.1. The van der Waals surface area contributed by atoms with Crippen molar-refractivity contribution in [1.29, 1.82) is 0 Å². The summed E-state index contributed by atoms with van der Waals surface area (Å²) in [5.41, 5.74) is 2.06. The van der Waals surface area contributed by atoms with Crippen LogP contribution in [0.3, 0.4) is 0 Å². The van der Waals surface area contributed by atoms with E-state index in [0.717, 1.165) is 11.1 Å². The van der Waals surface area contributed by atoms with E-state index in [1.165, 1.54) is 0 Å². The highest BCUT2D eigenvalue weighted by Crippen LogP contribution is 2.24. The quantitative estimate of drug-likeness (QED) is 0.566. The summed E-state index contributed by atoms with van der Waals surface area (Å²) >= 11 is 0. The van der Waals surface area contributed by atoms with Crippen molar-refractivity contribution in [2.75, 3.05) is 13.7 Å². The van der Waals surface area contributed by atoms with Crippen LogP contribution >= 0.6 is 0 Å². The Balaban J connectivity index is 1.59. The monoisotopic (exact) mass is 379 g/mol. The number of hydrogen-bond acceptors (Lipinski definition) is 5. The van der Waals surface area contributed by atoms with Crippen LogP contribution in [0.1, 0.15) is 42.4 Å². The van der Waals surface area contributed by atoms with Crippen LogP contribution in [0.4, 0.5) is 0 Å². The van der Waals surface area contributed by atoms with Gasteiger partial charge in [0.1, 0.15) is 0 Å². The predicted octanol–water partition coefficient (Wildman–Crippen LogP) is 3.79. The van der Waals surface area contributed by atoms with Crippen molar-refractivity contribution >= 4 is 5.91 Å². The molecule has 0 aliphatic carbocycles. The number of benzene rings is 2. The van der Waals surface area contributed by atoms with Crippen LogP contribution in [0.25, 0.3) is 0 Å². The molecule has 0 unspecified atom stereocenters. The van der Waals surface area contributed by atoms with Gasteiger partial charge >= 0.3 is 0 Å². The van der Waals surface area contributed by atoms with Crippen molar-refractivity contribution in [2.24, 2.45) is 0 Å². The van der Waals surface area contributed by atoms with Crippen molar-refractivity contribution in [2.45, 2.75) is 32.4 Å². The Hall–Kier alpha value is -2.99. The summed E-state index contributed by atoms with van der Waals surface area (Å²) in [4.78, 5) is 14.4. The molecule has 0 spiro atoms. The van der Waals surface area contributed by atoms with E-state index in [-0.39, 0.29) is 5.91 Å². The van der Waals surface area contributed by atoms with Gasteiger partial charge in [0.25, 0.3) is 0 Å². The first-order valence-electron chi connectivity index (χ1n) is 9.43. The molecule has 1 heterocycles. The van der Waals surface area contributed by atoms with Gasteiger partial charge in [-0.05, 0) is 18.1 Å². The smallest absolute Gasteiger partial charge is 0.249 e. The summed E-state index contributed by atoms with van der Waals surface area (Å²) in [7, 11) is 1.60. The maximum Gasteiger partial charge on any atom is 0.249 e. The number of carbonyl (C=O) groups excluding carboxylic acids is 1. The minimum Gasteiger partial charge on any atom is -0.422 e. The fraction of sp³-hybridized carbons (Fsp3) is 0.318. The molecule has 0 bridgehead atoms. The van der Waals surface area contributed by atoms with Crippen molar-refractivity contribution < 1.29 is 13.9 Å². The number of aromatic nitrogens is 2. The highest BCUT2D eigenvalue weighted by Gasteiger charge is 2.21. The zero-order valence-corrected chi connectivity index (χ0v) is 16.2. The van der Waals surface area contributed by atoms with Gasteiger partial charge in [-0.1, -0.05) is 60.7 Å². The molecular formula is C22H25N3O3. The average Bonchev–Trinajstić information content (AvgIpc) is 3.21. The number of amides is 1. The third-order valence-corrected chi connectivity index (χ3v) is 4.55. The SMILES string of the molecule is CCN(Cc1ccccc1)C(=O)CCc1nnc([C@H](OC)c2ccccc2)o1.